The first kappa shape index (κ1) is 22.8. The van der Waals surface area contributed by atoms with E-state index < -0.39 is 11.7 Å². The number of ether oxygens (including phenoxy) is 3. The molecule has 0 spiro atoms. The van der Waals surface area contributed by atoms with Gasteiger partial charge in [0, 0.05) is 25.4 Å². The van der Waals surface area contributed by atoms with Crippen molar-refractivity contribution in [3.8, 4) is 17.6 Å². The van der Waals surface area contributed by atoms with E-state index in [0.717, 1.165) is 18.7 Å². The van der Waals surface area contributed by atoms with E-state index in [2.05, 4.69) is 20.9 Å². The molecule has 3 aromatic heterocycles. The molecule has 3 fully saturated rings. The minimum absolute atomic E-state index is 0.0687. The zero-order valence-corrected chi connectivity index (χ0v) is 20.0. The Bertz CT molecular complexity index is 1410. The summed E-state index contributed by atoms with van der Waals surface area (Å²) in [5, 5.41) is 20.6. The maximum absolute atomic E-state index is 12.7. The number of nitriles is 1. The van der Waals surface area contributed by atoms with Gasteiger partial charge in [0.15, 0.2) is 11.5 Å². The Labute approximate surface area is 207 Å². The molecule has 4 aliphatic rings. The lowest BCUT2D eigenvalue weighted by molar-refractivity contribution is -0.205. The van der Waals surface area contributed by atoms with Crippen LogP contribution in [0, 0.1) is 11.3 Å². The van der Waals surface area contributed by atoms with Gasteiger partial charge in [0.05, 0.1) is 47.1 Å². The number of nitrogens with zero attached hydrogens (tertiary/aromatic N) is 5. The summed E-state index contributed by atoms with van der Waals surface area (Å²) in [6, 6.07) is 8.68. The molecule has 1 N–H and O–H groups in total. The van der Waals surface area contributed by atoms with Crippen molar-refractivity contribution >= 4 is 16.9 Å². The van der Waals surface area contributed by atoms with E-state index >= 15 is 0 Å². The lowest BCUT2D eigenvalue weighted by atomic mass is 9.68. The highest BCUT2D eigenvalue weighted by Gasteiger charge is 2.55. The molecule has 3 aromatic rings. The average molecular weight is 490 g/mol. The third-order valence-corrected chi connectivity index (χ3v) is 8.06. The van der Waals surface area contributed by atoms with E-state index in [0.29, 0.717) is 60.8 Å². The van der Waals surface area contributed by atoms with Crippen LogP contribution in [0.3, 0.4) is 0 Å². The molecule has 0 aromatic carbocycles. The second-order valence-corrected chi connectivity index (χ2v) is 9.86. The number of rotatable bonds is 5. The van der Waals surface area contributed by atoms with E-state index in [4.69, 9.17) is 14.2 Å². The highest BCUT2D eigenvalue weighted by atomic mass is 16.6. The molecule has 1 saturated carbocycles. The van der Waals surface area contributed by atoms with Crippen LogP contribution in [0.15, 0.2) is 41.5 Å². The molecule has 1 atom stereocenters. The molecule has 7 rings (SSSR count). The van der Waals surface area contributed by atoms with Crippen molar-refractivity contribution in [3.63, 3.8) is 0 Å². The molecule has 3 aliphatic heterocycles. The molecule has 1 aliphatic carbocycles. The minimum atomic E-state index is -0.887. The number of aliphatic hydroxyl groups excluding tert-OH is 1. The third-order valence-electron chi connectivity index (χ3n) is 8.06. The summed E-state index contributed by atoms with van der Waals surface area (Å²) in [4.78, 5) is 23.7. The van der Waals surface area contributed by atoms with Crippen LogP contribution < -0.4 is 19.9 Å². The predicted octanol–water partition coefficient (Wildman–Crippen LogP) is 2.01. The van der Waals surface area contributed by atoms with E-state index in [9.17, 15) is 15.2 Å². The summed E-state index contributed by atoms with van der Waals surface area (Å²) in [5.74, 6) is 2.14. The Morgan fingerprint density at radius 1 is 1.14 bits per heavy atom. The van der Waals surface area contributed by atoms with Gasteiger partial charge in [-0.1, -0.05) is 0 Å². The minimum Gasteiger partial charge on any atom is -0.486 e. The monoisotopic (exact) mass is 489 g/mol. The summed E-state index contributed by atoms with van der Waals surface area (Å²) in [6.45, 7) is 1.55. The lowest BCUT2D eigenvalue weighted by Crippen LogP contribution is -2.66. The van der Waals surface area contributed by atoms with Gasteiger partial charge in [-0.3, -0.25) is 9.78 Å². The van der Waals surface area contributed by atoms with Gasteiger partial charge in [-0.2, -0.15) is 5.26 Å². The Hall–Kier alpha value is -3.68. The van der Waals surface area contributed by atoms with E-state index in [1.54, 1.807) is 18.3 Å². The molecule has 2 bridgehead atoms. The van der Waals surface area contributed by atoms with Crippen molar-refractivity contribution in [1.82, 2.24) is 14.5 Å². The van der Waals surface area contributed by atoms with Crippen LogP contribution in [0.2, 0.25) is 0 Å². The number of pyridine rings is 3. The fourth-order valence-electron chi connectivity index (χ4n) is 5.69. The second-order valence-electron chi connectivity index (χ2n) is 9.86. The van der Waals surface area contributed by atoms with Gasteiger partial charge >= 0.3 is 0 Å². The molecule has 10 nitrogen and oxygen atoms in total. The Morgan fingerprint density at radius 3 is 2.64 bits per heavy atom. The zero-order valence-electron chi connectivity index (χ0n) is 20.0. The van der Waals surface area contributed by atoms with Crippen molar-refractivity contribution in [2.24, 2.45) is 0 Å². The first-order valence-corrected chi connectivity index (χ1v) is 12.1. The molecule has 10 heteroatoms. The highest BCUT2D eigenvalue weighted by Crippen LogP contribution is 2.49. The Balaban J connectivity index is 1.22. The van der Waals surface area contributed by atoms with E-state index in [-0.39, 0.29) is 17.6 Å². The van der Waals surface area contributed by atoms with Gasteiger partial charge in [0.25, 0.3) is 5.56 Å². The van der Waals surface area contributed by atoms with Crippen LogP contribution in [-0.2, 0) is 11.3 Å². The molecule has 0 radical (unpaired) electrons. The van der Waals surface area contributed by atoms with Crippen molar-refractivity contribution in [2.45, 2.75) is 49.5 Å². The quantitative estimate of drug-likeness (QED) is 0.573. The average Bonchev–Trinajstić information content (AvgIpc) is 2.94. The van der Waals surface area contributed by atoms with Gasteiger partial charge in [-0.25, -0.2) is 4.98 Å². The fraction of sp³-hybridized carbons (Fsp3) is 0.462. The number of likely N-dealkylation sites (N-methyl/N-ethyl adjacent to an activating group) is 1. The normalized spacial score (nSPS) is 25.4. The first-order valence-electron chi connectivity index (χ1n) is 12.1. The smallest absolute Gasteiger partial charge is 0.251 e. The highest BCUT2D eigenvalue weighted by molar-refractivity contribution is 5.75. The van der Waals surface area contributed by atoms with Crippen LogP contribution >= 0.6 is 0 Å². The lowest BCUT2D eigenvalue weighted by Gasteiger charge is -2.57. The number of hydrogen-bond acceptors (Lipinski definition) is 9. The number of aliphatic hydroxyl groups is 1. The molecule has 1 unspecified atom stereocenters. The van der Waals surface area contributed by atoms with Gasteiger partial charge < -0.3 is 28.8 Å². The summed E-state index contributed by atoms with van der Waals surface area (Å²) in [5.41, 5.74) is 0.272. The predicted molar refractivity (Wildman–Crippen MR) is 130 cm³/mol. The Morgan fingerprint density at radius 2 is 1.92 bits per heavy atom. The summed E-state index contributed by atoms with van der Waals surface area (Å²) in [7, 11) is 2.02. The van der Waals surface area contributed by atoms with Gasteiger partial charge in [-0.15, -0.1) is 0 Å². The topological polar surface area (TPSA) is 123 Å². The molecule has 36 heavy (non-hydrogen) atoms. The SMILES string of the molecule is CN(c1cc2c(cn1)OCCO2)C12CCC(C(O)Cn3c(=O)ccc4ncc(C#N)cc43)(CC1)OC2. The number of anilines is 1. The molecule has 6 heterocycles. The van der Waals surface area contributed by atoms with Crippen LogP contribution in [0.5, 0.6) is 11.5 Å². The van der Waals surface area contributed by atoms with E-state index in [1.807, 2.05) is 13.1 Å². The fourth-order valence-corrected chi connectivity index (χ4v) is 5.69. The zero-order chi connectivity index (χ0) is 24.9. The van der Waals surface area contributed by atoms with E-state index in [1.165, 1.54) is 16.8 Å². The van der Waals surface area contributed by atoms with Crippen molar-refractivity contribution in [3.05, 3.63) is 52.6 Å². The molecule has 0 amide bonds. The first-order chi connectivity index (χ1) is 17.4. The van der Waals surface area contributed by atoms with Crippen molar-refractivity contribution in [2.75, 3.05) is 31.8 Å². The van der Waals surface area contributed by atoms with Gasteiger partial charge in [0.2, 0.25) is 0 Å². The largest absolute Gasteiger partial charge is 0.486 e. The summed E-state index contributed by atoms with van der Waals surface area (Å²) < 4.78 is 19.2. The molecular weight excluding hydrogens is 462 g/mol. The van der Waals surface area contributed by atoms with Gasteiger partial charge in [0.1, 0.15) is 31.2 Å². The van der Waals surface area contributed by atoms with Gasteiger partial charge in [-0.05, 0) is 37.8 Å². The standard InChI is InChI=1S/C26H27N5O5/c1-30(23-11-20-21(14-29-23)35-9-8-34-20)25-4-6-26(7-5-25,36-16-25)22(32)15-31-19-10-17(12-27)13-28-18(19)2-3-24(31)33/h2-3,10-11,13-14,22,32H,4-9,15-16H2,1H3. The summed E-state index contributed by atoms with van der Waals surface area (Å²) >= 11 is 0. The number of aromatic nitrogens is 3. The Kier molecular flexibility index (Phi) is 5.35. The molecule has 186 valence electrons. The molecule has 2 saturated heterocycles. The number of fused-ring (bicyclic) bond motifs is 5. The number of hydrogen-bond donors (Lipinski definition) is 1. The van der Waals surface area contributed by atoms with Crippen LogP contribution in [0.1, 0.15) is 31.2 Å². The maximum atomic E-state index is 12.7. The van der Waals surface area contributed by atoms with Crippen LogP contribution in [-0.4, -0.2) is 63.8 Å². The van der Waals surface area contributed by atoms with Crippen LogP contribution in [0.25, 0.3) is 11.0 Å². The van der Waals surface area contributed by atoms with Crippen LogP contribution in [0.4, 0.5) is 5.82 Å². The summed E-state index contributed by atoms with van der Waals surface area (Å²) in [6.07, 6.45) is 5.25. The third kappa shape index (κ3) is 3.58. The maximum Gasteiger partial charge on any atom is 0.251 e. The van der Waals surface area contributed by atoms with Crippen molar-refractivity contribution < 1.29 is 19.3 Å². The second kappa shape index (κ2) is 8.47. The van der Waals surface area contributed by atoms with Crippen molar-refractivity contribution in [1.29, 1.82) is 5.26 Å². The molecular formula is C26H27N5O5.